The third kappa shape index (κ3) is 4.20. The van der Waals surface area contributed by atoms with E-state index in [9.17, 15) is 19.8 Å². The first kappa shape index (κ1) is 9.29. The van der Waals surface area contributed by atoms with Crippen molar-refractivity contribution in [2.75, 3.05) is 0 Å². The number of thiol groups is 1. The molecular weight excluding hydrogens is 156 g/mol. The van der Waals surface area contributed by atoms with Crippen LogP contribution in [0.2, 0.25) is 0 Å². The zero-order valence-corrected chi connectivity index (χ0v) is 5.97. The van der Waals surface area contributed by atoms with E-state index in [4.69, 9.17) is 0 Å². The molecule has 1 unspecified atom stereocenters. The summed E-state index contributed by atoms with van der Waals surface area (Å²) in [5.74, 6) is -2.63. The predicted molar refractivity (Wildman–Crippen MR) is 32.0 cm³/mol. The molecule has 5 heteroatoms. The molecule has 0 heterocycles. The maximum Gasteiger partial charge on any atom is 0.0542 e. The first-order valence-corrected chi connectivity index (χ1v) is 3.14. The Bertz CT molecular complexity index is 145. The van der Waals surface area contributed by atoms with Crippen molar-refractivity contribution in [3.8, 4) is 0 Å². The van der Waals surface area contributed by atoms with E-state index in [0.29, 0.717) is 0 Å². The van der Waals surface area contributed by atoms with Gasteiger partial charge in [0.05, 0.1) is 5.97 Å². The number of carboxylic acid groups (broad SMARTS) is 2. The topological polar surface area (TPSA) is 80.3 Å². The molecule has 58 valence electrons. The van der Waals surface area contributed by atoms with E-state index in [1.807, 2.05) is 0 Å². The molecule has 0 aromatic carbocycles. The van der Waals surface area contributed by atoms with Crippen molar-refractivity contribution in [2.45, 2.75) is 18.1 Å². The van der Waals surface area contributed by atoms with E-state index in [2.05, 4.69) is 12.6 Å². The van der Waals surface area contributed by atoms with Crippen molar-refractivity contribution in [3.63, 3.8) is 0 Å². The van der Waals surface area contributed by atoms with E-state index < -0.39 is 17.2 Å². The molecule has 0 fully saturated rings. The molecule has 0 bridgehead atoms. The average molecular weight is 162 g/mol. The summed E-state index contributed by atoms with van der Waals surface area (Å²) in [4.78, 5) is 19.7. The van der Waals surface area contributed by atoms with Crippen LogP contribution in [-0.4, -0.2) is 17.2 Å². The Hall–Kier alpha value is -0.710. The van der Waals surface area contributed by atoms with Gasteiger partial charge in [0.1, 0.15) is 0 Å². The molecule has 0 N–H and O–H groups in total. The minimum atomic E-state index is -1.36. The molecule has 0 spiro atoms. The van der Waals surface area contributed by atoms with Gasteiger partial charge < -0.3 is 19.8 Å². The number of rotatable bonds is 4. The number of carbonyl (C=O) groups is 2. The van der Waals surface area contributed by atoms with E-state index in [1.54, 1.807) is 0 Å². The molecule has 0 aliphatic rings. The van der Waals surface area contributed by atoms with E-state index >= 15 is 0 Å². The van der Waals surface area contributed by atoms with Crippen molar-refractivity contribution >= 4 is 24.6 Å². The van der Waals surface area contributed by atoms with Gasteiger partial charge in [-0.25, -0.2) is 0 Å². The van der Waals surface area contributed by atoms with Crippen molar-refractivity contribution in [2.24, 2.45) is 0 Å². The van der Waals surface area contributed by atoms with Gasteiger partial charge in [-0.3, -0.25) is 0 Å². The standard InChI is InChI=1S/C5H8O4S/c6-4(7)2-1-3(10)5(8)9/h3,10H,1-2H2,(H,6,7)(H,8,9)/p-2. The molecule has 0 saturated carbocycles. The van der Waals surface area contributed by atoms with Gasteiger partial charge in [0.15, 0.2) is 0 Å². The van der Waals surface area contributed by atoms with E-state index in [1.165, 1.54) is 0 Å². The first-order chi connectivity index (χ1) is 4.54. The summed E-state index contributed by atoms with van der Waals surface area (Å²) in [7, 11) is 0. The maximum atomic E-state index is 9.91. The van der Waals surface area contributed by atoms with Crippen LogP contribution in [0.4, 0.5) is 0 Å². The third-order valence-corrected chi connectivity index (χ3v) is 1.36. The number of hydrogen-bond donors (Lipinski definition) is 1. The molecule has 0 aromatic rings. The number of aliphatic carboxylic acids is 2. The van der Waals surface area contributed by atoms with Gasteiger partial charge in [0.2, 0.25) is 0 Å². The van der Waals surface area contributed by atoms with Crippen LogP contribution in [0.5, 0.6) is 0 Å². The van der Waals surface area contributed by atoms with Crippen LogP contribution in [0, 0.1) is 0 Å². The Labute approximate surface area is 63.3 Å². The molecule has 0 saturated heterocycles. The number of carbonyl (C=O) groups excluding carboxylic acids is 2. The summed E-state index contributed by atoms with van der Waals surface area (Å²) in [5.41, 5.74) is 0. The summed E-state index contributed by atoms with van der Waals surface area (Å²) < 4.78 is 0. The lowest BCUT2D eigenvalue weighted by Gasteiger charge is -2.10. The fraction of sp³-hybridized carbons (Fsp3) is 0.600. The minimum Gasteiger partial charge on any atom is -0.550 e. The quantitative estimate of drug-likeness (QED) is 0.466. The molecule has 0 aromatic heterocycles. The smallest absolute Gasteiger partial charge is 0.0542 e. The molecule has 0 rings (SSSR count). The predicted octanol–water partition coefficient (Wildman–Crippen LogP) is -2.44. The van der Waals surface area contributed by atoms with Crippen LogP contribution in [-0.2, 0) is 9.59 Å². The Morgan fingerprint density at radius 1 is 1.40 bits per heavy atom. The SMILES string of the molecule is O=C([O-])CCC(S)C(=O)[O-]. The maximum absolute atomic E-state index is 9.91. The van der Waals surface area contributed by atoms with Crippen LogP contribution in [0.15, 0.2) is 0 Å². The summed E-state index contributed by atoms with van der Waals surface area (Å²) in [6.07, 6.45) is -0.365. The Balaban J connectivity index is 3.49. The zero-order valence-electron chi connectivity index (χ0n) is 5.07. The number of carboxylic acids is 2. The second-order valence-corrected chi connectivity index (χ2v) is 2.37. The summed E-state index contributed by atoms with van der Waals surface area (Å²) in [6, 6.07) is 0. The molecule has 0 aliphatic carbocycles. The highest BCUT2D eigenvalue weighted by Gasteiger charge is 2.02. The van der Waals surface area contributed by atoms with Gasteiger partial charge in [-0.1, -0.05) is 0 Å². The molecule has 0 radical (unpaired) electrons. The zero-order chi connectivity index (χ0) is 8.15. The van der Waals surface area contributed by atoms with Crippen LogP contribution in [0.25, 0.3) is 0 Å². The van der Waals surface area contributed by atoms with Crippen molar-refractivity contribution in [1.29, 1.82) is 0 Å². The van der Waals surface area contributed by atoms with Crippen molar-refractivity contribution in [1.82, 2.24) is 0 Å². The largest absolute Gasteiger partial charge is 0.550 e. The fourth-order valence-corrected chi connectivity index (χ4v) is 0.502. The van der Waals surface area contributed by atoms with Crippen LogP contribution in [0.3, 0.4) is 0 Å². The average Bonchev–Trinajstić information content (AvgIpc) is 1.82. The van der Waals surface area contributed by atoms with Gasteiger partial charge in [-0.05, 0) is 12.8 Å². The second-order valence-electron chi connectivity index (χ2n) is 1.75. The lowest BCUT2D eigenvalue weighted by atomic mass is 10.2. The molecule has 1 atom stereocenters. The Morgan fingerprint density at radius 2 is 1.90 bits per heavy atom. The second kappa shape index (κ2) is 4.16. The summed E-state index contributed by atoms with van der Waals surface area (Å²) >= 11 is 3.55. The van der Waals surface area contributed by atoms with Crippen LogP contribution in [0.1, 0.15) is 12.8 Å². The molecule has 10 heavy (non-hydrogen) atoms. The van der Waals surface area contributed by atoms with Gasteiger partial charge in [-0.15, -0.1) is 0 Å². The van der Waals surface area contributed by atoms with E-state index in [0.717, 1.165) is 0 Å². The van der Waals surface area contributed by atoms with Crippen LogP contribution < -0.4 is 10.2 Å². The van der Waals surface area contributed by atoms with Crippen LogP contribution >= 0.6 is 12.6 Å². The fourth-order valence-electron chi connectivity index (χ4n) is 0.372. The molecule has 0 amide bonds. The highest BCUT2D eigenvalue weighted by atomic mass is 32.1. The molecule has 0 aliphatic heterocycles. The third-order valence-electron chi connectivity index (χ3n) is 0.894. The van der Waals surface area contributed by atoms with E-state index in [-0.39, 0.29) is 12.8 Å². The lowest BCUT2D eigenvalue weighted by molar-refractivity contribution is -0.307. The summed E-state index contributed by atoms with van der Waals surface area (Å²) in [6.45, 7) is 0. The van der Waals surface area contributed by atoms with Crippen molar-refractivity contribution < 1.29 is 19.8 Å². The Morgan fingerprint density at radius 3 is 2.20 bits per heavy atom. The molecular formula is C5H6O4S-2. The first-order valence-electron chi connectivity index (χ1n) is 2.63. The Kier molecular flexibility index (Phi) is 3.87. The van der Waals surface area contributed by atoms with Gasteiger partial charge >= 0.3 is 0 Å². The highest BCUT2D eigenvalue weighted by Crippen LogP contribution is 2.01. The summed E-state index contributed by atoms with van der Waals surface area (Å²) in [5, 5.41) is 18.7. The van der Waals surface area contributed by atoms with Crippen molar-refractivity contribution in [3.05, 3.63) is 0 Å². The minimum absolute atomic E-state index is 0.0617. The van der Waals surface area contributed by atoms with Gasteiger partial charge in [-0.2, -0.15) is 12.6 Å². The monoisotopic (exact) mass is 162 g/mol. The molecule has 4 nitrogen and oxygen atoms in total. The lowest BCUT2D eigenvalue weighted by Crippen LogP contribution is -2.33. The normalized spacial score (nSPS) is 12.5. The highest BCUT2D eigenvalue weighted by molar-refractivity contribution is 7.81. The van der Waals surface area contributed by atoms with Gasteiger partial charge in [0, 0.05) is 11.2 Å². The van der Waals surface area contributed by atoms with Gasteiger partial charge in [0.25, 0.3) is 0 Å². The number of hydrogen-bond acceptors (Lipinski definition) is 5.